The molecule has 27 heavy (non-hydrogen) atoms. The van der Waals surface area contributed by atoms with E-state index in [-0.39, 0.29) is 11.7 Å². The number of halogens is 1. The van der Waals surface area contributed by atoms with Gasteiger partial charge in [0.1, 0.15) is 5.82 Å². The third-order valence-electron chi connectivity index (χ3n) is 5.76. The topological polar surface area (TPSA) is 41.6 Å². The minimum atomic E-state index is -0.528. The second kappa shape index (κ2) is 7.79. The van der Waals surface area contributed by atoms with E-state index in [1.165, 1.54) is 17.7 Å². The third-order valence-corrected chi connectivity index (χ3v) is 5.76. The first-order valence-corrected chi connectivity index (χ1v) is 9.62. The van der Waals surface area contributed by atoms with E-state index < -0.39 is 5.41 Å². The van der Waals surface area contributed by atoms with Crippen LogP contribution in [0.4, 0.5) is 10.1 Å². The number of morpholine rings is 1. The molecule has 1 N–H and O–H groups in total. The Morgan fingerprint density at radius 1 is 1.04 bits per heavy atom. The van der Waals surface area contributed by atoms with Crippen LogP contribution < -0.4 is 5.32 Å². The minimum absolute atomic E-state index is 0.00119. The Morgan fingerprint density at radius 2 is 1.70 bits per heavy atom. The number of amides is 1. The maximum atomic E-state index is 13.2. The fourth-order valence-corrected chi connectivity index (χ4v) is 3.91. The number of carbonyl (C=O) groups is 1. The van der Waals surface area contributed by atoms with Crippen LogP contribution in [-0.2, 0) is 21.5 Å². The summed E-state index contributed by atoms with van der Waals surface area (Å²) in [4.78, 5) is 15.3. The number of benzene rings is 2. The van der Waals surface area contributed by atoms with Gasteiger partial charge in [-0.1, -0.05) is 30.7 Å². The summed E-state index contributed by atoms with van der Waals surface area (Å²) in [5.74, 6) is -0.272. The van der Waals surface area contributed by atoms with E-state index in [9.17, 15) is 9.18 Å². The van der Waals surface area contributed by atoms with Crippen molar-refractivity contribution in [3.63, 3.8) is 0 Å². The van der Waals surface area contributed by atoms with Crippen LogP contribution >= 0.6 is 0 Å². The second-order valence-electron chi connectivity index (χ2n) is 7.48. The summed E-state index contributed by atoms with van der Waals surface area (Å²) in [6.07, 6.45) is 2.63. The van der Waals surface area contributed by atoms with Gasteiger partial charge >= 0.3 is 0 Å². The van der Waals surface area contributed by atoms with Gasteiger partial charge in [0.05, 0.1) is 18.6 Å². The molecule has 4 nitrogen and oxygen atoms in total. The van der Waals surface area contributed by atoms with Crippen LogP contribution in [0, 0.1) is 5.82 Å². The Hall–Kier alpha value is -2.24. The minimum Gasteiger partial charge on any atom is -0.379 e. The molecule has 2 fully saturated rings. The number of rotatable bonds is 5. The van der Waals surface area contributed by atoms with E-state index in [4.69, 9.17) is 4.74 Å². The summed E-state index contributed by atoms with van der Waals surface area (Å²) in [6, 6.07) is 14.4. The van der Waals surface area contributed by atoms with Crippen molar-refractivity contribution in [2.75, 3.05) is 31.6 Å². The molecule has 1 heterocycles. The van der Waals surface area contributed by atoms with E-state index in [0.29, 0.717) is 0 Å². The lowest BCUT2D eigenvalue weighted by Gasteiger charge is -2.40. The third kappa shape index (κ3) is 3.89. The highest BCUT2D eigenvalue weighted by Crippen LogP contribution is 2.44. The Bertz CT molecular complexity index is 779. The van der Waals surface area contributed by atoms with E-state index >= 15 is 0 Å². The predicted molar refractivity (Wildman–Crippen MR) is 103 cm³/mol. The molecule has 5 heteroatoms. The molecule has 0 bridgehead atoms. The molecule has 1 saturated heterocycles. The number of hydrogen-bond donors (Lipinski definition) is 1. The molecule has 1 saturated carbocycles. The summed E-state index contributed by atoms with van der Waals surface area (Å²) in [5.41, 5.74) is 2.41. The average Bonchev–Trinajstić information content (AvgIpc) is 2.65. The van der Waals surface area contributed by atoms with Crippen LogP contribution in [0.25, 0.3) is 0 Å². The molecule has 0 radical (unpaired) electrons. The molecule has 2 aromatic rings. The van der Waals surface area contributed by atoms with Gasteiger partial charge in [0.15, 0.2) is 0 Å². The fraction of sp³-hybridized carbons (Fsp3) is 0.409. The molecule has 142 valence electrons. The standard InChI is InChI=1S/C22H25FN2O2/c23-19-6-4-18(5-7-19)22(10-1-11-22)21(26)24-20-8-2-17(3-9-20)16-25-12-14-27-15-13-25/h2-9H,1,10-16H2,(H,24,26). The molecule has 2 aliphatic rings. The van der Waals surface area contributed by atoms with Crippen molar-refractivity contribution < 1.29 is 13.9 Å². The maximum Gasteiger partial charge on any atom is 0.235 e. The lowest BCUT2D eigenvalue weighted by molar-refractivity contribution is -0.124. The van der Waals surface area contributed by atoms with Crippen LogP contribution in [0.5, 0.6) is 0 Å². The van der Waals surface area contributed by atoms with E-state index in [0.717, 1.165) is 63.4 Å². The van der Waals surface area contributed by atoms with Crippen molar-refractivity contribution in [2.45, 2.75) is 31.2 Å². The van der Waals surface area contributed by atoms with Crippen molar-refractivity contribution in [1.29, 1.82) is 0 Å². The summed E-state index contributed by atoms with van der Waals surface area (Å²) in [5, 5.41) is 3.06. The largest absolute Gasteiger partial charge is 0.379 e. The van der Waals surface area contributed by atoms with Crippen molar-refractivity contribution >= 4 is 11.6 Å². The SMILES string of the molecule is O=C(Nc1ccc(CN2CCOCC2)cc1)C1(c2ccc(F)cc2)CCC1. The van der Waals surface area contributed by atoms with Crippen molar-refractivity contribution in [1.82, 2.24) is 4.90 Å². The van der Waals surface area contributed by atoms with Gasteiger partial charge in [-0.15, -0.1) is 0 Å². The summed E-state index contributed by atoms with van der Waals surface area (Å²) >= 11 is 0. The second-order valence-corrected chi connectivity index (χ2v) is 7.48. The van der Waals surface area contributed by atoms with Gasteiger partial charge in [-0.05, 0) is 48.2 Å². The Labute approximate surface area is 159 Å². The molecule has 0 aromatic heterocycles. The van der Waals surface area contributed by atoms with Gasteiger partial charge in [-0.25, -0.2) is 4.39 Å². The molecule has 2 aromatic carbocycles. The van der Waals surface area contributed by atoms with E-state index in [2.05, 4.69) is 22.3 Å². The number of carbonyl (C=O) groups excluding carboxylic acids is 1. The van der Waals surface area contributed by atoms with Crippen LogP contribution in [0.1, 0.15) is 30.4 Å². The first kappa shape index (κ1) is 18.1. The average molecular weight is 368 g/mol. The molecule has 4 rings (SSSR count). The lowest BCUT2D eigenvalue weighted by atomic mass is 9.64. The Kier molecular flexibility index (Phi) is 5.23. The lowest BCUT2D eigenvalue weighted by Crippen LogP contribution is -2.46. The highest BCUT2D eigenvalue weighted by atomic mass is 19.1. The number of anilines is 1. The van der Waals surface area contributed by atoms with Gasteiger partial charge in [0.2, 0.25) is 5.91 Å². The smallest absolute Gasteiger partial charge is 0.235 e. The molecule has 1 aliphatic heterocycles. The number of hydrogen-bond acceptors (Lipinski definition) is 3. The predicted octanol–water partition coefficient (Wildman–Crippen LogP) is 3.72. The first-order chi connectivity index (χ1) is 13.2. The number of nitrogens with zero attached hydrogens (tertiary/aromatic N) is 1. The van der Waals surface area contributed by atoms with Crippen LogP contribution in [0.3, 0.4) is 0 Å². The van der Waals surface area contributed by atoms with Crippen molar-refractivity contribution in [3.05, 3.63) is 65.5 Å². The molecule has 1 amide bonds. The molecule has 0 unspecified atom stereocenters. The Balaban J connectivity index is 1.42. The normalized spacial score (nSPS) is 19.3. The van der Waals surface area contributed by atoms with Gasteiger partial charge in [0, 0.05) is 25.3 Å². The molecule has 0 spiro atoms. The highest BCUT2D eigenvalue weighted by molar-refractivity contribution is 5.99. The number of ether oxygens (including phenoxy) is 1. The molecular formula is C22H25FN2O2. The first-order valence-electron chi connectivity index (χ1n) is 9.62. The fourth-order valence-electron chi connectivity index (χ4n) is 3.91. The summed E-state index contributed by atoms with van der Waals surface area (Å²) in [7, 11) is 0. The maximum absolute atomic E-state index is 13.2. The highest BCUT2D eigenvalue weighted by Gasteiger charge is 2.45. The van der Waals surface area contributed by atoms with Gasteiger partial charge in [-0.2, -0.15) is 0 Å². The summed E-state index contributed by atoms with van der Waals surface area (Å²) in [6.45, 7) is 4.40. The zero-order chi connectivity index (χ0) is 18.7. The Morgan fingerprint density at radius 3 is 2.30 bits per heavy atom. The van der Waals surface area contributed by atoms with Crippen molar-refractivity contribution in [3.8, 4) is 0 Å². The van der Waals surface area contributed by atoms with Gasteiger partial charge in [0.25, 0.3) is 0 Å². The monoisotopic (exact) mass is 368 g/mol. The van der Waals surface area contributed by atoms with Gasteiger partial charge in [-0.3, -0.25) is 9.69 Å². The van der Waals surface area contributed by atoms with E-state index in [1.807, 2.05) is 12.1 Å². The molecule has 0 atom stereocenters. The van der Waals surface area contributed by atoms with Crippen molar-refractivity contribution in [2.24, 2.45) is 0 Å². The van der Waals surface area contributed by atoms with Crippen LogP contribution in [-0.4, -0.2) is 37.1 Å². The quantitative estimate of drug-likeness (QED) is 0.875. The van der Waals surface area contributed by atoms with Crippen LogP contribution in [0.15, 0.2) is 48.5 Å². The summed E-state index contributed by atoms with van der Waals surface area (Å²) < 4.78 is 18.6. The van der Waals surface area contributed by atoms with Crippen LogP contribution in [0.2, 0.25) is 0 Å². The zero-order valence-corrected chi connectivity index (χ0v) is 15.4. The zero-order valence-electron chi connectivity index (χ0n) is 15.4. The van der Waals surface area contributed by atoms with E-state index in [1.54, 1.807) is 12.1 Å². The van der Waals surface area contributed by atoms with Gasteiger partial charge < -0.3 is 10.1 Å². The number of nitrogens with one attached hydrogen (secondary N) is 1. The molecular weight excluding hydrogens is 343 g/mol. The molecule has 1 aliphatic carbocycles.